The highest BCUT2D eigenvalue weighted by atomic mass is 15.3. The molecule has 1 fully saturated rings. The fourth-order valence-electron chi connectivity index (χ4n) is 2.69. The molecule has 118 valence electrons. The van der Waals surface area contributed by atoms with E-state index in [0.29, 0.717) is 11.7 Å². The molecule has 0 bridgehead atoms. The van der Waals surface area contributed by atoms with Gasteiger partial charge in [-0.2, -0.15) is 0 Å². The molecule has 21 heavy (non-hydrogen) atoms. The molecule has 1 aliphatic rings. The van der Waals surface area contributed by atoms with Crippen LogP contribution >= 0.6 is 0 Å². The molecular formula is C16H29N5. The minimum absolute atomic E-state index is 0.231. The molecule has 1 aromatic heterocycles. The summed E-state index contributed by atoms with van der Waals surface area (Å²) in [5.74, 6) is 2.76. The van der Waals surface area contributed by atoms with Crippen molar-refractivity contribution in [1.29, 1.82) is 0 Å². The van der Waals surface area contributed by atoms with E-state index in [-0.39, 0.29) is 5.54 Å². The van der Waals surface area contributed by atoms with E-state index in [9.17, 15) is 0 Å². The Morgan fingerprint density at radius 3 is 2.10 bits per heavy atom. The van der Waals surface area contributed by atoms with Gasteiger partial charge in [0.25, 0.3) is 0 Å². The maximum Gasteiger partial charge on any atom is 0.137 e. The van der Waals surface area contributed by atoms with Crippen LogP contribution in [0.4, 0.5) is 11.6 Å². The highest BCUT2D eigenvalue weighted by Crippen LogP contribution is 2.26. The van der Waals surface area contributed by atoms with Crippen LogP contribution in [0.2, 0.25) is 0 Å². The van der Waals surface area contributed by atoms with Gasteiger partial charge in [0.2, 0.25) is 0 Å². The normalized spacial score (nSPS) is 17.6. The average Bonchev–Trinajstić information content (AvgIpc) is 2.40. The molecule has 0 aromatic carbocycles. The van der Waals surface area contributed by atoms with Gasteiger partial charge in [-0.15, -0.1) is 0 Å². The first kappa shape index (κ1) is 16.0. The summed E-state index contributed by atoms with van der Waals surface area (Å²) in [6.07, 6.45) is 0. The van der Waals surface area contributed by atoms with Gasteiger partial charge in [0, 0.05) is 43.2 Å². The molecule has 0 spiro atoms. The van der Waals surface area contributed by atoms with Gasteiger partial charge in [-0.05, 0) is 27.7 Å². The highest BCUT2D eigenvalue weighted by molar-refractivity contribution is 5.57. The van der Waals surface area contributed by atoms with Crippen molar-refractivity contribution in [1.82, 2.24) is 14.9 Å². The minimum atomic E-state index is 0.231. The van der Waals surface area contributed by atoms with E-state index in [1.165, 1.54) is 0 Å². The van der Waals surface area contributed by atoms with Gasteiger partial charge < -0.3 is 10.6 Å². The molecule has 0 radical (unpaired) electrons. The molecule has 0 atom stereocenters. The molecule has 0 saturated carbocycles. The summed E-state index contributed by atoms with van der Waals surface area (Å²) < 4.78 is 0. The van der Waals surface area contributed by atoms with Crippen LogP contribution in [0.25, 0.3) is 0 Å². The highest BCUT2D eigenvalue weighted by Gasteiger charge is 2.27. The molecule has 1 aromatic rings. The summed E-state index contributed by atoms with van der Waals surface area (Å²) in [6, 6.07) is 0. The van der Waals surface area contributed by atoms with Crippen molar-refractivity contribution < 1.29 is 0 Å². The lowest BCUT2D eigenvalue weighted by Gasteiger charge is -2.43. The van der Waals surface area contributed by atoms with Crippen LogP contribution in [0.1, 0.15) is 51.9 Å². The van der Waals surface area contributed by atoms with Crippen LogP contribution in [0.5, 0.6) is 0 Å². The SMILES string of the molecule is Cc1c(N)nc(C(C)C)nc1N1CCN(C(C)(C)C)CC1. The zero-order valence-corrected chi connectivity index (χ0v) is 14.3. The van der Waals surface area contributed by atoms with Gasteiger partial charge in [0.1, 0.15) is 17.5 Å². The second-order valence-electron chi connectivity index (χ2n) is 7.22. The lowest BCUT2D eigenvalue weighted by atomic mass is 10.0. The van der Waals surface area contributed by atoms with Crippen LogP contribution in [0, 0.1) is 6.92 Å². The monoisotopic (exact) mass is 291 g/mol. The van der Waals surface area contributed by atoms with Gasteiger partial charge in [-0.3, -0.25) is 4.90 Å². The standard InChI is InChI=1S/C16H29N5/c1-11(2)14-18-13(17)12(3)15(19-14)20-7-9-21(10-8-20)16(4,5)6/h11H,7-10H2,1-6H3,(H2,17,18,19). The fraction of sp³-hybridized carbons (Fsp3) is 0.750. The fourth-order valence-corrected chi connectivity index (χ4v) is 2.69. The third-order valence-electron chi connectivity index (χ3n) is 4.22. The Labute approximate surface area is 128 Å². The topological polar surface area (TPSA) is 58.3 Å². The zero-order valence-electron chi connectivity index (χ0n) is 14.3. The van der Waals surface area contributed by atoms with Gasteiger partial charge >= 0.3 is 0 Å². The summed E-state index contributed by atoms with van der Waals surface area (Å²) in [5, 5.41) is 0. The smallest absolute Gasteiger partial charge is 0.137 e. The molecule has 0 unspecified atom stereocenters. The van der Waals surface area contributed by atoms with Crippen molar-refractivity contribution >= 4 is 11.6 Å². The predicted octanol–water partition coefficient (Wildman–Crippen LogP) is 2.41. The summed E-state index contributed by atoms with van der Waals surface area (Å²) in [7, 11) is 0. The zero-order chi connectivity index (χ0) is 15.8. The first-order valence-electron chi connectivity index (χ1n) is 7.84. The van der Waals surface area contributed by atoms with Crippen molar-refractivity contribution in [2.45, 2.75) is 53.0 Å². The van der Waals surface area contributed by atoms with Gasteiger partial charge in [-0.25, -0.2) is 9.97 Å². The van der Waals surface area contributed by atoms with Crippen LogP contribution in [0.3, 0.4) is 0 Å². The molecule has 5 heteroatoms. The minimum Gasteiger partial charge on any atom is -0.383 e. The summed E-state index contributed by atoms with van der Waals surface area (Å²) >= 11 is 0. The Balaban J connectivity index is 2.20. The number of anilines is 2. The van der Waals surface area contributed by atoms with Crippen molar-refractivity contribution in [3.05, 3.63) is 11.4 Å². The van der Waals surface area contributed by atoms with Gasteiger partial charge in [-0.1, -0.05) is 13.8 Å². The number of hydrogen-bond donors (Lipinski definition) is 1. The molecule has 2 heterocycles. The van der Waals surface area contributed by atoms with Crippen molar-refractivity contribution in [3.63, 3.8) is 0 Å². The van der Waals surface area contributed by atoms with Crippen molar-refractivity contribution in [3.8, 4) is 0 Å². The molecule has 1 saturated heterocycles. The molecule has 2 rings (SSSR count). The van der Waals surface area contributed by atoms with Crippen LogP contribution in [-0.4, -0.2) is 46.6 Å². The van der Waals surface area contributed by atoms with Crippen LogP contribution in [-0.2, 0) is 0 Å². The van der Waals surface area contributed by atoms with E-state index in [0.717, 1.165) is 43.4 Å². The average molecular weight is 291 g/mol. The largest absolute Gasteiger partial charge is 0.383 e. The molecule has 1 aliphatic heterocycles. The van der Waals surface area contributed by atoms with E-state index >= 15 is 0 Å². The van der Waals surface area contributed by atoms with E-state index in [1.54, 1.807) is 0 Å². The predicted molar refractivity (Wildman–Crippen MR) is 88.8 cm³/mol. The maximum absolute atomic E-state index is 6.07. The Hall–Kier alpha value is -1.36. The second-order valence-corrected chi connectivity index (χ2v) is 7.22. The van der Waals surface area contributed by atoms with E-state index < -0.39 is 0 Å². The van der Waals surface area contributed by atoms with Crippen molar-refractivity contribution in [2.75, 3.05) is 36.8 Å². The van der Waals surface area contributed by atoms with Gasteiger partial charge in [0.15, 0.2) is 0 Å². The second kappa shape index (κ2) is 5.79. The van der Waals surface area contributed by atoms with E-state index in [1.807, 2.05) is 6.92 Å². The number of aromatic nitrogens is 2. The Kier molecular flexibility index (Phi) is 4.42. The number of nitrogen functional groups attached to an aromatic ring is 1. The Morgan fingerprint density at radius 2 is 1.62 bits per heavy atom. The molecular weight excluding hydrogens is 262 g/mol. The lowest BCUT2D eigenvalue weighted by Crippen LogP contribution is -2.53. The summed E-state index contributed by atoms with van der Waals surface area (Å²) in [4.78, 5) is 14.0. The first-order chi connectivity index (χ1) is 9.70. The number of nitrogens with zero attached hydrogens (tertiary/aromatic N) is 4. The van der Waals surface area contributed by atoms with Gasteiger partial charge in [0.05, 0.1) is 0 Å². The number of piperazine rings is 1. The molecule has 5 nitrogen and oxygen atoms in total. The Morgan fingerprint density at radius 1 is 1.05 bits per heavy atom. The third kappa shape index (κ3) is 3.46. The Bertz CT molecular complexity index is 496. The first-order valence-corrected chi connectivity index (χ1v) is 7.84. The quantitative estimate of drug-likeness (QED) is 0.907. The lowest BCUT2D eigenvalue weighted by molar-refractivity contribution is 0.128. The van der Waals surface area contributed by atoms with Crippen LogP contribution in [0.15, 0.2) is 0 Å². The number of rotatable bonds is 2. The maximum atomic E-state index is 6.07. The number of hydrogen-bond acceptors (Lipinski definition) is 5. The summed E-state index contributed by atoms with van der Waals surface area (Å²) in [5.41, 5.74) is 7.31. The third-order valence-corrected chi connectivity index (χ3v) is 4.22. The van der Waals surface area contributed by atoms with Crippen LogP contribution < -0.4 is 10.6 Å². The van der Waals surface area contributed by atoms with E-state index in [2.05, 4.69) is 49.4 Å². The van der Waals surface area contributed by atoms with E-state index in [4.69, 9.17) is 10.7 Å². The van der Waals surface area contributed by atoms with Crippen molar-refractivity contribution in [2.24, 2.45) is 0 Å². The molecule has 2 N–H and O–H groups in total. The summed E-state index contributed by atoms with van der Waals surface area (Å²) in [6.45, 7) is 17.1. The molecule has 0 amide bonds. The number of nitrogens with two attached hydrogens (primary N) is 1. The molecule has 0 aliphatic carbocycles.